The van der Waals surface area contributed by atoms with Crippen LogP contribution in [0.3, 0.4) is 0 Å². The highest BCUT2D eigenvalue weighted by Crippen LogP contribution is 2.22. The molecule has 0 aliphatic heterocycles. The first-order chi connectivity index (χ1) is 10.2. The Morgan fingerprint density at radius 2 is 1.86 bits per heavy atom. The molecular weight excluding hydrogens is 258 g/mol. The number of aryl methyl sites for hydroxylation is 3. The number of nitrogens with one attached hydrogen (secondary N) is 1. The lowest BCUT2D eigenvalue weighted by atomic mass is 9.98. The average molecular weight is 283 g/mol. The van der Waals surface area contributed by atoms with Crippen molar-refractivity contribution in [2.45, 2.75) is 46.1 Å². The number of rotatable bonds is 7. The predicted octanol–water partition coefficient (Wildman–Crippen LogP) is 3.77. The van der Waals surface area contributed by atoms with E-state index in [0.29, 0.717) is 6.04 Å². The summed E-state index contributed by atoms with van der Waals surface area (Å²) in [5.41, 5.74) is 4.72. The molecule has 1 atom stereocenters. The van der Waals surface area contributed by atoms with Crippen LogP contribution in [0.25, 0.3) is 0 Å². The Bertz CT molecular complexity index is 552. The molecule has 3 nitrogen and oxygen atoms in total. The molecule has 0 amide bonds. The fraction of sp³-hybridized carbons (Fsp3) is 0.444. The van der Waals surface area contributed by atoms with E-state index >= 15 is 0 Å². The molecule has 2 aromatic rings. The van der Waals surface area contributed by atoms with Crippen LogP contribution in [-0.2, 0) is 6.42 Å². The van der Waals surface area contributed by atoms with E-state index in [0.717, 1.165) is 30.8 Å². The minimum atomic E-state index is 0.368. The Balaban J connectivity index is 2.00. The van der Waals surface area contributed by atoms with Crippen molar-refractivity contribution in [3.63, 3.8) is 0 Å². The monoisotopic (exact) mass is 283 g/mol. The second kappa shape index (κ2) is 7.89. The van der Waals surface area contributed by atoms with Crippen LogP contribution in [0.15, 0.2) is 36.4 Å². The highest BCUT2D eigenvalue weighted by molar-refractivity contribution is 5.24. The smallest absolute Gasteiger partial charge is 0.0648 e. The van der Waals surface area contributed by atoms with E-state index in [1.54, 1.807) is 0 Å². The van der Waals surface area contributed by atoms with Crippen molar-refractivity contribution in [1.82, 2.24) is 15.5 Å². The zero-order valence-corrected chi connectivity index (χ0v) is 13.3. The van der Waals surface area contributed by atoms with Crippen LogP contribution < -0.4 is 5.32 Å². The van der Waals surface area contributed by atoms with Crippen LogP contribution in [0.1, 0.15) is 48.3 Å². The van der Waals surface area contributed by atoms with Crippen molar-refractivity contribution in [3.8, 4) is 0 Å². The van der Waals surface area contributed by atoms with Crippen molar-refractivity contribution in [2.24, 2.45) is 0 Å². The first-order valence-corrected chi connectivity index (χ1v) is 7.79. The van der Waals surface area contributed by atoms with Crippen LogP contribution in [0.4, 0.5) is 0 Å². The minimum Gasteiger partial charge on any atom is -0.310 e. The highest BCUT2D eigenvalue weighted by Gasteiger charge is 2.14. The van der Waals surface area contributed by atoms with Gasteiger partial charge in [0.2, 0.25) is 0 Å². The molecule has 1 heterocycles. The maximum absolute atomic E-state index is 4.26. The van der Waals surface area contributed by atoms with Crippen molar-refractivity contribution < 1.29 is 0 Å². The summed E-state index contributed by atoms with van der Waals surface area (Å²) in [6.07, 6.45) is 3.41. The molecule has 1 aromatic carbocycles. The molecule has 1 aromatic heterocycles. The molecule has 0 spiro atoms. The van der Waals surface area contributed by atoms with Crippen molar-refractivity contribution in [3.05, 3.63) is 58.9 Å². The number of aromatic nitrogens is 2. The Kier molecular flexibility index (Phi) is 5.88. The number of nitrogens with zero attached hydrogens (tertiary/aromatic N) is 2. The highest BCUT2D eigenvalue weighted by atomic mass is 15.1. The molecule has 2 rings (SSSR count). The van der Waals surface area contributed by atoms with Crippen LogP contribution in [0.2, 0.25) is 0 Å². The standard InChI is InChI=1S/C18H25N3/c1-4-19-18(17-13-14(2)20-21-15(17)3)12-8-11-16-9-6-5-7-10-16/h5-7,9-10,13,18-19H,4,8,11-12H2,1-3H3. The Morgan fingerprint density at radius 3 is 2.57 bits per heavy atom. The third-order valence-electron chi connectivity index (χ3n) is 3.77. The zero-order chi connectivity index (χ0) is 15.1. The maximum atomic E-state index is 4.26. The predicted molar refractivity (Wildman–Crippen MR) is 87.3 cm³/mol. The molecule has 1 N–H and O–H groups in total. The molecule has 0 aliphatic rings. The lowest BCUT2D eigenvalue weighted by Crippen LogP contribution is -2.22. The summed E-state index contributed by atoms with van der Waals surface area (Å²) >= 11 is 0. The van der Waals surface area contributed by atoms with Gasteiger partial charge in [0.1, 0.15) is 0 Å². The first kappa shape index (κ1) is 15.6. The zero-order valence-electron chi connectivity index (χ0n) is 13.3. The third kappa shape index (κ3) is 4.64. The van der Waals surface area contributed by atoms with Gasteiger partial charge in [-0.05, 0) is 56.8 Å². The van der Waals surface area contributed by atoms with Gasteiger partial charge in [0.25, 0.3) is 0 Å². The molecule has 3 heteroatoms. The van der Waals surface area contributed by atoms with E-state index in [-0.39, 0.29) is 0 Å². The minimum absolute atomic E-state index is 0.368. The Morgan fingerprint density at radius 1 is 1.10 bits per heavy atom. The summed E-state index contributed by atoms with van der Waals surface area (Å²) in [5, 5.41) is 12.0. The van der Waals surface area contributed by atoms with Crippen molar-refractivity contribution in [2.75, 3.05) is 6.54 Å². The van der Waals surface area contributed by atoms with Crippen molar-refractivity contribution in [1.29, 1.82) is 0 Å². The Hall–Kier alpha value is -1.74. The lowest BCUT2D eigenvalue weighted by Gasteiger charge is -2.20. The average Bonchev–Trinajstić information content (AvgIpc) is 2.50. The number of hydrogen-bond donors (Lipinski definition) is 1. The van der Waals surface area contributed by atoms with Gasteiger partial charge in [-0.3, -0.25) is 0 Å². The van der Waals surface area contributed by atoms with E-state index in [9.17, 15) is 0 Å². The van der Waals surface area contributed by atoms with E-state index < -0.39 is 0 Å². The summed E-state index contributed by atoms with van der Waals surface area (Å²) in [5.74, 6) is 0. The van der Waals surface area contributed by atoms with Crippen LogP contribution in [0, 0.1) is 13.8 Å². The van der Waals surface area contributed by atoms with E-state index in [4.69, 9.17) is 0 Å². The van der Waals surface area contributed by atoms with Gasteiger partial charge >= 0.3 is 0 Å². The fourth-order valence-corrected chi connectivity index (χ4v) is 2.69. The fourth-order valence-electron chi connectivity index (χ4n) is 2.69. The van der Waals surface area contributed by atoms with Crippen LogP contribution >= 0.6 is 0 Å². The lowest BCUT2D eigenvalue weighted by molar-refractivity contribution is 0.492. The number of hydrogen-bond acceptors (Lipinski definition) is 3. The van der Waals surface area contributed by atoms with Gasteiger partial charge < -0.3 is 5.32 Å². The summed E-state index contributed by atoms with van der Waals surface area (Å²) in [4.78, 5) is 0. The molecule has 0 fully saturated rings. The summed E-state index contributed by atoms with van der Waals surface area (Å²) < 4.78 is 0. The van der Waals surface area contributed by atoms with Gasteiger partial charge in [0, 0.05) is 6.04 Å². The largest absolute Gasteiger partial charge is 0.310 e. The van der Waals surface area contributed by atoms with Gasteiger partial charge in [-0.2, -0.15) is 10.2 Å². The van der Waals surface area contributed by atoms with E-state index in [1.165, 1.54) is 17.5 Å². The molecule has 0 saturated carbocycles. The molecular formula is C18H25N3. The van der Waals surface area contributed by atoms with Crippen LogP contribution in [-0.4, -0.2) is 16.7 Å². The molecule has 112 valence electrons. The van der Waals surface area contributed by atoms with Gasteiger partial charge in [-0.1, -0.05) is 37.3 Å². The summed E-state index contributed by atoms with van der Waals surface area (Å²) in [6, 6.07) is 13.2. The molecule has 0 bridgehead atoms. The second-order valence-electron chi connectivity index (χ2n) is 5.51. The van der Waals surface area contributed by atoms with Gasteiger partial charge in [0.15, 0.2) is 0 Å². The molecule has 21 heavy (non-hydrogen) atoms. The second-order valence-corrected chi connectivity index (χ2v) is 5.51. The Labute approximate surface area is 127 Å². The topological polar surface area (TPSA) is 37.8 Å². The van der Waals surface area contributed by atoms with Crippen LogP contribution in [0.5, 0.6) is 0 Å². The first-order valence-electron chi connectivity index (χ1n) is 7.79. The van der Waals surface area contributed by atoms with Gasteiger partial charge in [-0.15, -0.1) is 0 Å². The summed E-state index contributed by atoms with van der Waals surface area (Å²) in [6.45, 7) is 7.17. The number of benzene rings is 1. The quantitative estimate of drug-likeness (QED) is 0.840. The maximum Gasteiger partial charge on any atom is 0.0648 e. The molecule has 0 aliphatic carbocycles. The third-order valence-corrected chi connectivity index (χ3v) is 3.77. The van der Waals surface area contributed by atoms with E-state index in [2.05, 4.69) is 58.8 Å². The van der Waals surface area contributed by atoms with Crippen molar-refractivity contribution >= 4 is 0 Å². The molecule has 0 radical (unpaired) electrons. The normalized spacial score (nSPS) is 12.3. The van der Waals surface area contributed by atoms with Gasteiger partial charge in [0.05, 0.1) is 11.4 Å². The van der Waals surface area contributed by atoms with Gasteiger partial charge in [-0.25, -0.2) is 0 Å². The molecule has 0 saturated heterocycles. The molecule has 1 unspecified atom stereocenters. The van der Waals surface area contributed by atoms with E-state index in [1.807, 2.05) is 13.8 Å². The summed E-state index contributed by atoms with van der Waals surface area (Å²) in [7, 11) is 0. The SMILES string of the molecule is CCNC(CCCc1ccccc1)c1cc(C)nnc1C.